The summed E-state index contributed by atoms with van der Waals surface area (Å²) in [6, 6.07) is 0.785. The van der Waals surface area contributed by atoms with Gasteiger partial charge in [0.15, 0.2) is 0 Å². The summed E-state index contributed by atoms with van der Waals surface area (Å²) >= 11 is 0. The minimum atomic E-state index is 0.785. The smallest absolute Gasteiger partial charge is 0.0218 e. The van der Waals surface area contributed by atoms with E-state index in [0.717, 1.165) is 12.0 Å². The van der Waals surface area contributed by atoms with Gasteiger partial charge in [-0.3, -0.25) is 0 Å². The van der Waals surface area contributed by atoms with E-state index in [-0.39, 0.29) is 0 Å². The molecule has 0 aromatic carbocycles. The molecule has 2 fully saturated rings. The average molecular weight is 225 g/mol. The second-order valence-electron chi connectivity index (χ2n) is 5.69. The molecule has 2 rings (SSSR count). The molecule has 2 atom stereocenters. The third kappa shape index (κ3) is 3.44. The van der Waals surface area contributed by atoms with Crippen molar-refractivity contribution in [3.05, 3.63) is 0 Å². The minimum Gasteiger partial charge on any atom is -0.315 e. The van der Waals surface area contributed by atoms with E-state index >= 15 is 0 Å². The molecule has 2 unspecified atom stereocenters. The van der Waals surface area contributed by atoms with Gasteiger partial charge in [-0.25, -0.2) is 0 Å². The van der Waals surface area contributed by atoms with E-state index in [1.807, 2.05) is 0 Å². The van der Waals surface area contributed by atoms with Gasteiger partial charge < -0.3 is 15.1 Å². The lowest BCUT2D eigenvalue weighted by molar-refractivity contribution is 0.191. The largest absolute Gasteiger partial charge is 0.315 e. The van der Waals surface area contributed by atoms with Crippen LogP contribution in [0.15, 0.2) is 0 Å². The summed E-state index contributed by atoms with van der Waals surface area (Å²) in [5.74, 6) is 0.948. The zero-order valence-electron chi connectivity index (χ0n) is 10.9. The Balaban J connectivity index is 1.64. The molecule has 0 aromatic heterocycles. The highest BCUT2D eigenvalue weighted by molar-refractivity contribution is 4.79. The summed E-state index contributed by atoms with van der Waals surface area (Å²) in [6.45, 7) is 6.32. The fourth-order valence-corrected chi connectivity index (χ4v) is 3.04. The number of rotatable bonds is 4. The summed E-state index contributed by atoms with van der Waals surface area (Å²) in [7, 11) is 4.55. The van der Waals surface area contributed by atoms with Gasteiger partial charge >= 0.3 is 0 Å². The van der Waals surface area contributed by atoms with Crippen molar-refractivity contribution >= 4 is 0 Å². The van der Waals surface area contributed by atoms with Gasteiger partial charge in [0.05, 0.1) is 0 Å². The fraction of sp³-hybridized carbons (Fsp3) is 1.00. The third-order valence-corrected chi connectivity index (χ3v) is 4.27. The maximum Gasteiger partial charge on any atom is 0.0218 e. The molecular formula is C13H27N3. The lowest BCUT2D eigenvalue weighted by Gasteiger charge is -2.32. The van der Waals surface area contributed by atoms with Gasteiger partial charge in [-0.15, -0.1) is 0 Å². The SMILES string of the molecule is CN1CCC(CCN(C)C2CCCNC2)C1. The molecule has 0 amide bonds. The average Bonchev–Trinajstić information content (AvgIpc) is 2.73. The van der Waals surface area contributed by atoms with E-state index in [1.54, 1.807) is 0 Å². The van der Waals surface area contributed by atoms with Gasteiger partial charge in [0, 0.05) is 19.1 Å². The normalized spacial score (nSPS) is 32.4. The lowest BCUT2D eigenvalue weighted by atomic mass is 10.0. The van der Waals surface area contributed by atoms with Crippen molar-refractivity contribution in [1.29, 1.82) is 0 Å². The molecule has 0 bridgehead atoms. The molecule has 0 aromatic rings. The van der Waals surface area contributed by atoms with Gasteiger partial charge in [0.1, 0.15) is 0 Å². The van der Waals surface area contributed by atoms with E-state index in [0.29, 0.717) is 0 Å². The van der Waals surface area contributed by atoms with Gasteiger partial charge in [0.2, 0.25) is 0 Å². The van der Waals surface area contributed by atoms with Crippen molar-refractivity contribution in [2.45, 2.75) is 31.7 Å². The maximum atomic E-state index is 3.50. The number of nitrogens with one attached hydrogen (secondary N) is 1. The Labute approximate surface area is 100 Å². The van der Waals surface area contributed by atoms with Crippen LogP contribution in [-0.2, 0) is 0 Å². The topological polar surface area (TPSA) is 18.5 Å². The van der Waals surface area contributed by atoms with E-state index in [1.165, 1.54) is 58.4 Å². The molecule has 0 aliphatic carbocycles. The van der Waals surface area contributed by atoms with Crippen LogP contribution in [0.2, 0.25) is 0 Å². The van der Waals surface area contributed by atoms with Gasteiger partial charge in [-0.05, 0) is 65.3 Å². The minimum absolute atomic E-state index is 0.785. The Bertz CT molecular complexity index is 201. The highest BCUT2D eigenvalue weighted by Crippen LogP contribution is 2.19. The van der Waals surface area contributed by atoms with Crippen molar-refractivity contribution in [3.8, 4) is 0 Å². The summed E-state index contributed by atoms with van der Waals surface area (Å²) in [5.41, 5.74) is 0. The Morgan fingerprint density at radius 3 is 2.88 bits per heavy atom. The standard InChI is InChI=1S/C13H27N3/c1-15-8-5-12(11-15)6-9-16(2)13-4-3-7-14-10-13/h12-14H,3-11H2,1-2H3. The maximum absolute atomic E-state index is 3.50. The first kappa shape index (κ1) is 12.3. The van der Waals surface area contributed by atoms with Gasteiger partial charge in [-0.1, -0.05) is 0 Å². The molecule has 3 nitrogen and oxygen atoms in total. The quantitative estimate of drug-likeness (QED) is 0.770. The van der Waals surface area contributed by atoms with Crippen molar-refractivity contribution in [3.63, 3.8) is 0 Å². The number of piperidine rings is 1. The van der Waals surface area contributed by atoms with Crippen molar-refractivity contribution < 1.29 is 0 Å². The second-order valence-corrected chi connectivity index (χ2v) is 5.69. The number of hydrogen-bond donors (Lipinski definition) is 1. The highest BCUT2D eigenvalue weighted by atomic mass is 15.2. The van der Waals surface area contributed by atoms with Crippen LogP contribution in [0.4, 0.5) is 0 Å². The summed E-state index contributed by atoms with van der Waals surface area (Å²) < 4.78 is 0. The summed E-state index contributed by atoms with van der Waals surface area (Å²) in [6.07, 6.45) is 5.53. The molecule has 0 radical (unpaired) electrons. The first-order chi connectivity index (χ1) is 7.75. The first-order valence-corrected chi connectivity index (χ1v) is 6.85. The third-order valence-electron chi connectivity index (χ3n) is 4.27. The summed E-state index contributed by atoms with van der Waals surface area (Å²) in [5, 5.41) is 3.50. The van der Waals surface area contributed by atoms with E-state index in [2.05, 4.69) is 29.2 Å². The van der Waals surface area contributed by atoms with E-state index in [9.17, 15) is 0 Å². The fourth-order valence-electron chi connectivity index (χ4n) is 3.04. The molecular weight excluding hydrogens is 198 g/mol. The van der Waals surface area contributed by atoms with Crippen LogP contribution in [0.5, 0.6) is 0 Å². The molecule has 1 N–H and O–H groups in total. The molecule has 2 heterocycles. The monoisotopic (exact) mass is 225 g/mol. The van der Waals surface area contributed by atoms with Crippen LogP contribution in [0.25, 0.3) is 0 Å². The van der Waals surface area contributed by atoms with Crippen molar-refractivity contribution in [1.82, 2.24) is 15.1 Å². The molecule has 0 spiro atoms. The zero-order valence-corrected chi connectivity index (χ0v) is 10.9. The number of hydrogen-bond acceptors (Lipinski definition) is 3. The van der Waals surface area contributed by atoms with Crippen LogP contribution in [0.1, 0.15) is 25.7 Å². The van der Waals surface area contributed by atoms with Crippen molar-refractivity contribution in [2.75, 3.05) is 46.8 Å². The summed E-state index contributed by atoms with van der Waals surface area (Å²) in [4.78, 5) is 5.04. The Kier molecular flexibility index (Phi) is 4.62. The Hall–Kier alpha value is -0.120. The van der Waals surface area contributed by atoms with Gasteiger partial charge in [-0.2, -0.15) is 0 Å². The first-order valence-electron chi connectivity index (χ1n) is 6.85. The van der Waals surface area contributed by atoms with Crippen LogP contribution in [0.3, 0.4) is 0 Å². The number of likely N-dealkylation sites (tertiary alicyclic amines) is 1. The molecule has 2 aliphatic heterocycles. The molecule has 0 saturated carbocycles. The highest BCUT2D eigenvalue weighted by Gasteiger charge is 2.22. The second kappa shape index (κ2) is 5.99. The molecule has 3 heteroatoms. The molecule has 94 valence electrons. The van der Waals surface area contributed by atoms with Crippen LogP contribution in [0, 0.1) is 5.92 Å². The van der Waals surface area contributed by atoms with E-state index in [4.69, 9.17) is 0 Å². The van der Waals surface area contributed by atoms with E-state index < -0.39 is 0 Å². The number of likely N-dealkylation sites (N-methyl/N-ethyl adjacent to an activating group) is 1. The van der Waals surface area contributed by atoms with Crippen LogP contribution in [-0.4, -0.2) is 62.7 Å². The number of nitrogens with zero attached hydrogens (tertiary/aromatic N) is 2. The molecule has 16 heavy (non-hydrogen) atoms. The van der Waals surface area contributed by atoms with Crippen LogP contribution >= 0.6 is 0 Å². The Morgan fingerprint density at radius 1 is 1.38 bits per heavy atom. The van der Waals surface area contributed by atoms with Crippen LogP contribution < -0.4 is 5.32 Å². The Morgan fingerprint density at radius 2 is 2.25 bits per heavy atom. The van der Waals surface area contributed by atoms with Crippen molar-refractivity contribution in [2.24, 2.45) is 5.92 Å². The van der Waals surface area contributed by atoms with Gasteiger partial charge in [0.25, 0.3) is 0 Å². The molecule has 2 aliphatic rings. The predicted molar refractivity (Wildman–Crippen MR) is 68.7 cm³/mol. The molecule has 2 saturated heterocycles. The zero-order chi connectivity index (χ0) is 11.4. The predicted octanol–water partition coefficient (Wildman–Crippen LogP) is 1.01. The lowest BCUT2D eigenvalue weighted by Crippen LogP contribution is -2.44.